The van der Waals surface area contributed by atoms with E-state index in [1.54, 1.807) is 12.1 Å². The Kier molecular flexibility index (Phi) is 5.35. The molecule has 4 atom stereocenters. The Morgan fingerprint density at radius 1 is 1.03 bits per heavy atom. The highest BCUT2D eigenvalue weighted by molar-refractivity contribution is 6.24. The number of amides is 4. The molecule has 164 valence electrons. The fourth-order valence-corrected chi connectivity index (χ4v) is 5.83. The molecule has 4 aliphatic rings. The summed E-state index contributed by atoms with van der Waals surface area (Å²) < 4.78 is 0. The summed E-state index contributed by atoms with van der Waals surface area (Å²) in [4.78, 5) is 51.0. The van der Waals surface area contributed by atoms with E-state index in [9.17, 15) is 19.2 Å². The van der Waals surface area contributed by atoms with Crippen molar-refractivity contribution in [3.8, 4) is 0 Å². The molecule has 2 saturated heterocycles. The van der Waals surface area contributed by atoms with E-state index in [0.717, 1.165) is 36.4 Å². The Morgan fingerprint density at radius 3 is 2.74 bits per heavy atom. The Bertz CT molecular complexity index is 944. The van der Waals surface area contributed by atoms with Crippen LogP contribution in [0.2, 0.25) is 0 Å². The van der Waals surface area contributed by atoms with Crippen molar-refractivity contribution in [1.29, 1.82) is 0 Å². The molecular formula is C23H28N4O4. The second-order valence-electron chi connectivity index (χ2n) is 9.12. The first kappa shape index (κ1) is 20.3. The molecule has 3 heterocycles. The van der Waals surface area contributed by atoms with E-state index in [1.807, 2.05) is 6.07 Å². The van der Waals surface area contributed by atoms with E-state index in [-0.39, 0.29) is 18.7 Å². The first-order chi connectivity index (χ1) is 15.0. The third-order valence-electron chi connectivity index (χ3n) is 7.38. The zero-order valence-corrected chi connectivity index (χ0v) is 17.5. The standard InChI is InChI=1S/C23H28N4O4/c28-19-8-7-18(21(29)26-19)27-22(30)16-5-1-4-14(20(16)23(27)31)12-25-17-6-2-3-13-11-24-10-9-15(13)17/h1,4-5,13,15,17-18,24-25H,2-3,6-12H2,(H,26,28,29). The molecule has 4 amide bonds. The van der Waals surface area contributed by atoms with Gasteiger partial charge in [-0.2, -0.15) is 0 Å². The van der Waals surface area contributed by atoms with Crippen LogP contribution < -0.4 is 16.0 Å². The number of rotatable bonds is 4. The number of hydrogen-bond donors (Lipinski definition) is 3. The van der Waals surface area contributed by atoms with E-state index >= 15 is 0 Å². The number of imide groups is 2. The fourth-order valence-electron chi connectivity index (χ4n) is 5.83. The summed E-state index contributed by atoms with van der Waals surface area (Å²) in [6, 6.07) is 4.81. The molecule has 1 aliphatic carbocycles. The molecule has 4 unspecified atom stereocenters. The summed E-state index contributed by atoms with van der Waals surface area (Å²) >= 11 is 0. The maximum Gasteiger partial charge on any atom is 0.262 e. The molecule has 1 saturated carbocycles. The SMILES string of the molecule is O=C1CCC(N2C(=O)c3cccc(CNC4CCCC5CNCCC54)c3C2=O)C(=O)N1. The van der Waals surface area contributed by atoms with Crippen LogP contribution >= 0.6 is 0 Å². The molecule has 0 radical (unpaired) electrons. The number of fused-ring (bicyclic) bond motifs is 2. The highest BCUT2D eigenvalue weighted by atomic mass is 16.2. The normalized spacial score (nSPS) is 30.8. The van der Waals surface area contributed by atoms with Crippen LogP contribution in [0.4, 0.5) is 0 Å². The average Bonchev–Trinajstić information content (AvgIpc) is 3.03. The van der Waals surface area contributed by atoms with Gasteiger partial charge in [-0.3, -0.25) is 29.4 Å². The molecule has 0 bridgehead atoms. The van der Waals surface area contributed by atoms with Gasteiger partial charge in [-0.05, 0) is 62.2 Å². The van der Waals surface area contributed by atoms with Crippen LogP contribution in [0.3, 0.4) is 0 Å². The topological polar surface area (TPSA) is 108 Å². The number of nitrogens with zero attached hydrogens (tertiary/aromatic N) is 1. The lowest BCUT2D eigenvalue weighted by atomic mass is 9.72. The van der Waals surface area contributed by atoms with Gasteiger partial charge in [0.2, 0.25) is 11.8 Å². The Morgan fingerprint density at radius 2 is 1.90 bits per heavy atom. The van der Waals surface area contributed by atoms with Gasteiger partial charge in [0.25, 0.3) is 11.8 Å². The molecule has 1 aromatic carbocycles. The van der Waals surface area contributed by atoms with E-state index < -0.39 is 23.8 Å². The molecular weight excluding hydrogens is 396 g/mol. The second-order valence-corrected chi connectivity index (χ2v) is 9.12. The van der Waals surface area contributed by atoms with Crippen molar-refractivity contribution in [1.82, 2.24) is 20.9 Å². The molecule has 5 rings (SSSR count). The fraction of sp³-hybridized carbons (Fsp3) is 0.565. The summed E-state index contributed by atoms with van der Waals surface area (Å²) in [5.41, 5.74) is 1.53. The predicted octanol–water partition coefficient (Wildman–Crippen LogP) is 0.956. The lowest BCUT2D eigenvalue weighted by molar-refractivity contribution is -0.136. The maximum atomic E-state index is 13.2. The van der Waals surface area contributed by atoms with Crippen LogP contribution in [0.1, 0.15) is 64.8 Å². The van der Waals surface area contributed by atoms with Crippen molar-refractivity contribution in [2.45, 2.75) is 57.2 Å². The number of piperidine rings is 2. The Balaban J connectivity index is 1.35. The number of carbonyl (C=O) groups is 4. The van der Waals surface area contributed by atoms with Gasteiger partial charge in [-0.15, -0.1) is 0 Å². The summed E-state index contributed by atoms with van der Waals surface area (Å²) in [6.07, 6.45) is 5.06. The molecule has 31 heavy (non-hydrogen) atoms. The summed E-state index contributed by atoms with van der Waals surface area (Å²) in [5, 5.41) is 9.42. The van der Waals surface area contributed by atoms with Crippen molar-refractivity contribution >= 4 is 23.6 Å². The van der Waals surface area contributed by atoms with E-state index in [4.69, 9.17) is 0 Å². The number of nitrogens with one attached hydrogen (secondary N) is 3. The molecule has 8 heteroatoms. The zero-order valence-electron chi connectivity index (χ0n) is 17.5. The van der Waals surface area contributed by atoms with Crippen LogP contribution in [0.15, 0.2) is 18.2 Å². The van der Waals surface area contributed by atoms with Crippen molar-refractivity contribution in [2.24, 2.45) is 11.8 Å². The van der Waals surface area contributed by atoms with E-state index in [2.05, 4.69) is 16.0 Å². The highest BCUT2D eigenvalue weighted by Crippen LogP contribution is 2.35. The van der Waals surface area contributed by atoms with Gasteiger partial charge in [-0.25, -0.2) is 0 Å². The van der Waals surface area contributed by atoms with Gasteiger partial charge in [0, 0.05) is 19.0 Å². The quantitative estimate of drug-likeness (QED) is 0.622. The van der Waals surface area contributed by atoms with Crippen LogP contribution in [0, 0.1) is 11.8 Å². The largest absolute Gasteiger partial charge is 0.316 e. The summed E-state index contributed by atoms with van der Waals surface area (Å²) in [5.74, 6) is -0.490. The second kappa shape index (κ2) is 8.16. The van der Waals surface area contributed by atoms with E-state index in [1.165, 1.54) is 12.8 Å². The minimum atomic E-state index is -0.931. The number of hydrogen-bond acceptors (Lipinski definition) is 6. The smallest absolute Gasteiger partial charge is 0.262 e. The van der Waals surface area contributed by atoms with Gasteiger partial charge in [0.15, 0.2) is 0 Å². The third kappa shape index (κ3) is 3.57. The minimum Gasteiger partial charge on any atom is -0.316 e. The van der Waals surface area contributed by atoms with E-state index in [0.29, 0.717) is 35.5 Å². The lowest BCUT2D eigenvalue weighted by Crippen LogP contribution is -2.54. The van der Waals surface area contributed by atoms with Crippen molar-refractivity contribution < 1.29 is 19.2 Å². The van der Waals surface area contributed by atoms with Gasteiger partial charge in [0.1, 0.15) is 6.04 Å². The molecule has 3 fully saturated rings. The first-order valence-corrected chi connectivity index (χ1v) is 11.3. The van der Waals surface area contributed by atoms with Crippen LogP contribution in [-0.2, 0) is 16.1 Å². The average molecular weight is 425 g/mol. The van der Waals surface area contributed by atoms with Crippen LogP contribution in [-0.4, -0.2) is 53.7 Å². The maximum absolute atomic E-state index is 13.2. The number of benzene rings is 1. The zero-order chi connectivity index (χ0) is 21.5. The molecule has 0 spiro atoms. The van der Waals surface area contributed by atoms with Gasteiger partial charge < -0.3 is 10.6 Å². The van der Waals surface area contributed by atoms with Gasteiger partial charge in [0.05, 0.1) is 11.1 Å². The number of carbonyl (C=O) groups excluding carboxylic acids is 4. The van der Waals surface area contributed by atoms with Crippen molar-refractivity contribution in [3.05, 3.63) is 34.9 Å². The molecule has 8 nitrogen and oxygen atoms in total. The third-order valence-corrected chi connectivity index (χ3v) is 7.38. The molecule has 3 aliphatic heterocycles. The lowest BCUT2D eigenvalue weighted by Gasteiger charge is -2.42. The first-order valence-electron chi connectivity index (χ1n) is 11.3. The molecule has 1 aromatic rings. The van der Waals surface area contributed by atoms with Crippen LogP contribution in [0.25, 0.3) is 0 Å². The minimum absolute atomic E-state index is 0.122. The summed E-state index contributed by atoms with van der Waals surface area (Å²) in [6.45, 7) is 2.65. The van der Waals surface area contributed by atoms with Gasteiger partial charge >= 0.3 is 0 Å². The molecule has 0 aromatic heterocycles. The summed E-state index contributed by atoms with van der Waals surface area (Å²) in [7, 11) is 0. The van der Waals surface area contributed by atoms with Crippen molar-refractivity contribution in [2.75, 3.05) is 13.1 Å². The van der Waals surface area contributed by atoms with Gasteiger partial charge in [-0.1, -0.05) is 18.6 Å². The molecule has 3 N–H and O–H groups in total. The highest BCUT2D eigenvalue weighted by Gasteiger charge is 2.45. The van der Waals surface area contributed by atoms with Crippen molar-refractivity contribution in [3.63, 3.8) is 0 Å². The van der Waals surface area contributed by atoms with Crippen LogP contribution in [0.5, 0.6) is 0 Å². The Labute approximate surface area is 181 Å². The monoisotopic (exact) mass is 424 g/mol. The predicted molar refractivity (Wildman–Crippen MR) is 112 cm³/mol. The Hall–Kier alpha value is -2.58.